The molecule has 0 spiro atoms. The van der Waals surface area contributed by atoms with Gasteiger partial charge in [0.15, 0.2) is 11.4 Å². The minimum absolute atomic E-state index is 0.0987. The van der Waals surface area contributed by atoms with Gasteiger partial charge in [-0.25, -0.2) is 0 Å². The minimum Gasteiger partial charge on any atom is -0.507 e. The molecule has 5 rings (SSSR count). The number of ketones is 2. The van der Waals surface area contributed by atoms with Gasteiger partial charge in [0.05, 0.1) is 11.7 Å². The van der Waals surface area contributed by atoms with Gasteiger partial charge >= 0.3 is 0 Å². The number of primary amides is 1. The molecule has 2 unspecified atom stereocenters. The average Bonchev–Trinajstić information content (AvgIpc) is 2.84. The number of rotatable bonds is 4. The number of hydrogen-bond donors (Lipinski definition) is 6. The van der Waals surface area contributed by atoms with Crippen molar-refractivity contribution in [3.63, 3.8) is 0 Å². The van der Waals surface area contributed by atoms with E-state index in [1.807, 2.05) is 0 Å². The second-order valence-corrected chi connectivity index (χ2v) is 11.5. The van der Waals surface area contributed by atoms with Crippen LogP contribution in [0.2, 0.25) is 0 Å². The molecule has 206 valence electrons. The van der Waals surface area contributed by atoms with Crippen LogP contribution in [0.3, 0.4) is 0 Å². The van der Waals surface area contributed by atoms with Gasteiger partial charge in [0, 0.05) is 29.3 Å². The highest BCUT2D eigenvalue weighted by atomic mass is 16.3. The Bertz CT molecular complexity index is 1220. The maximum Gasteiger partial charge on any atom is 0.230 e. The number of aliphatic hydroxyl groups is 3. The molecule has 1 aromatic carbocycles. The zero-order chi connectivity index (χ0) is 27.7. The van der Waals surface area contributed by atoms with Crippen LogP contribution in [0.1, 0.15) is 30.4 Å². The van der Waals surface area contributed by atoms with Crippen molar-refractivity contribution in [1.82, 2.24) is 9.80 Å². The third kappa shape index (κ3) is 3.83. The Morgan fingerprint density at radius 1 is 1.18 bits per heavy atom. The highest BCUT2D eigenvalue weighted by Gasteiger charge is 2.67. The van der Waals surface area contributed by atoms with E-state index in [4.69, 9.17) is 5.73 Å². The van der Waals surface area contributed by atoms with Crippen molar-refractivity contribution in [3.05, 3.63) is 28.8 Å². The van der Waals surface area contributed by atoms with E-state index in [9.17, 15) is 34.8 Å². The Morgan fingerprint density at radius 2 is 1.84 bits per heavy atom. The van der Waals surface area contributed by atoms with E-state index in [1.165, 1.54) is 6.07 Å². The number of aliphatic hydroxyl groups excluding tert-OH is 2. The molecule has 0 radical (unpaired) electrons. The van der Waals surface area contributed by atoms with Gasteiger partial charge in [0.25, 0.3) is 0 Å². The summed E-state index contributed by atoms with van der Waals surface area (Å²) in [6.45, 7) is 1.89. The van der Waals surface area contributed by atoms with Gasteiger partial charge in [0.1, 0.15) is 17.4 Å². The SMILES string of the molecule is CN1CCC(Nc2ccc(O)c3c2C[C@@H]2C[C@@H]4[C@@H](N(C)C)C(O)C(C(N)=O)C(=O)[C@]4(O)C(=O)C2=C3O)CC1. The van der Waals surface area contributed by atoms with E-state index in [0.29, 0.717) is 5.56 Å². The monoisotopic (exact) mass is 528 g/mol. The quantitative estimate of drug-likeness (QED) is 0.223. The van der Waals surface area contributed by atoms with E-state index in [-0.39, 0.29) is 35.8 Å². The number of benzene rings is 1. The van der Waals surface area contributed by atoms with Gasteiger partial charge in [-0.15, -0.1) is 0 Å². The van der Waals surface area contributed by atoms with Gasteiger partial charge in [0.2, 0.25) is 11.7 Å². The zero-order valence-corrected chi connectivity index (χ0v) is 21.8. The predicted molar refractivity (Wildman–Crippen MR) is 138 cm³/mol. The van der Waals surface area contributed by atoms with Crippen molar-refractivity contribution in [2.75, 3.05) is 39.5 Å². The molecule has 0 aromatic heterocycles. The third-order valence-corrected chi connectivity index (χ3v) is 9.05. The number of anilines is 1. The molecule has 1 aliphatic heterocycles. The Balaban J connectivity index is 1.59. The first-order chi connectivity index (χ1) is 17.9. The van der Waals surface area contributed by atoms with Crippen LogP contribution >= 0.6 is 0 Å². The highest BCUT2D eigenvalue weighted by molar-refractivity contribution is 6.25. The van der Waals surface area contributed by atoms with Crippen molar-refractivity contribution in [2.45, 2.75) is 49.5 Å². The number of likely N-dealkylation sites (tertiary alicyclic amines) is 1. The number of aromatic hydroxyl groups is 1. The summed E-state index contributed by atoms with van der Waals surface area (Å²) in [7, 11) is 5.34. The number of phenols is 1. The largest absolute Gasteiger partial charge is 0.507 e. The third-order valence-electron chi connectivity index (χ3n) is 9.05. The van der Waals surface area contributed by atoms with E-state index in [2.05, 4.69) is 17.3 Å². The molecular formula is C27H36N4O7. The molecule has 1 saturated heterocycles. The molecule has 11 nitrogen and oxygen atoms in total. The molecule has 7 N–H and O–H groups in total. The smallest absolute Gasteiger partial charge is 0.230 e. The number of nitrogens with one attached hydrogen (secondary N) is 1. The fourth-order valence-electron chi connectivity index (χ4n) is 7.11. The first-order valence-electron chi connectivity index (χ1n) is 13.1. The number of carbonyl (C=O) groups is 3. The molecule has 11 heteroatoms. The van der Waals surface area contributed by atoms with Gasteiger partial charge in [-0.05, 0) is 83.5 Å². The van der Waals surface area contributed by atoms with Crippen LogP contribution in [0.4, 0.5) is 5.69 Å². The predicted octanol–water partition coefficient (Wildman–Crippen LogP) is -0.365. The van der Waals surface area contributed by atoms with Gasteiger partial charge in [-0.1, -0.05) is 0 Å². The standard InChI is InChI=1S/C27H36N4O7/c1-30(2)21-15-11-12-10-14-16(29-13-6-8-31(3)9-7-13)4-5-17(32)19(14)22(33)18(12)24(35)27(15,38)25(36)20(23(21)34)26(28)37/h4-5,12-13,15,20-21,23,29,32-34,38H,6-11H2,1-3H3,(H2,28,37)/t12-,15-,20?,21-,23?,27-/m1/s1. The number of hydrogen-bond acceptors (Lipinski definition) is 10. The van der Waals surface area contributed by atoms with Gasteiger partial charge in [-0.2, -0.15) is 0 Å². The summed E-state index contributed by atoms with van der Waals surface area (Å²) >= 11 is 0. The second kappa shape index (κ2) is 9.33. The number of nitrogens with zero attached hydrogens (tertiary/aromatic N) is 2. The van der Waals surface area contributed by atoms with Crippen molar-refractivity contribution in [3.8, 4) is 5.75 Å². The summed E-state index contributed by atoms with van der Waals surface area (Å²) in [4.78, 5) is 43.3. The molecular weight excluding hydrogens is 492 g/mol. The first kappa shape index (κ1) is 26.6. The van der Waals surface area contributed by atoms with E-state index in [0.717, 1.165) is 31.6 Å². The van der Waals surface area contributed by atoms with Crippen LogP contribution in [-0.2, 0) is 20.8 Å². The number of carbonyl (C=O) groups excluding carboxylic acids is 3. The first-order valence-corrected chi connectivity index (χ1v) is 13.1. The molecule has 38 heavy (non-hydrogen) atoms. The van der Waals surface area contributed by atoms with E-state index >= 15 is 0 Å². The molecule has 2 saturated carbocycles. The Labute approximate surface area is 220 Å². The highest BCUT2D eigenvalue weighted by Crippen LogP contribution is 2.53. The Hall–Kier alpha value is -2.99. The summed E-state index contributed by atoms with van der Waals surface area (Å²) < 4.78 is 0. The summed E-state index contributed by atoms with van der Waals surface area (Å²) in [6, 6.07) is 2.51. The normalized spacial score (nSPS) is 34.1. The maximum atomic E-state index is 13.9. The Kier molecular flexibility index (Phi) is 6.54. The lowest BCUT2D eigenvalue weighted by atomic mass is 9.54. The summed E-state index contributed by atoms with van der Waals surface area (Å²) in [5, 5.41) is 48.3. The molecule has 4 aliphatic rings. The number of nitrogens with two attached hydrogens (primary N) is 1. The second-order valence-electron chi connectivity index (χ2n) is 11.5. The lowest BCUT2D eigenvalue weighted by Gasteiger charge is -2.53. The molecule has 1 amide bonds. The number of Topliss-reactive ketones (excluding diaryl/α,β-unsaturated/α-hetero) is 2. The van der Waals surface area contributed by atoms with E-state index in [1.54, 1.807) is 25.1 Å². The summed E-state index contributed by atoms with van der Waals surface area (Å²) in [5.74, 6) is -7.38. The van der Waals surface area contributed by atoms with Gasteiger partial charge in [-0.3, -0.25) is 14.4 Å². The lowest BCUT2D eigenvalue weighted by Crippen LogP contribution is -2.73. The van der Waals surface area contributed by atoms with E-state index < -0.39 is 58.7 Å². The average molecular weight is 529 g/mol. The van der Waals surface area contributed by atoms with Crippen LogP contribution in [0, 0.1) is 17.8 Å². The number of likely N-dealkylation sites (N-methyl/N-ethyl adjacent to an activating group) is 1. The molecule has 6 atom stereocenters. The van der Waals surface area contributed by atoms with Crippen molar-refractivity contribution in [2.24, 2.45) is 23.5 Å². The summed E-state index contributed by atoms with van der Waals surface area (Å²) in [5.41, 5.74) is 4.14. The van der Waals surface area contributed by atoms with Crippen LogP contribution < -0.4 is 11.1 Å². The number of phenolic OH excluding ortho intramolecular Hbond substituents is 1. The molecule has 1 aromatic rings. The molecule has 1 heterocycles. The van der Waals surface area contributed by atoms with Crippen molar-refractivity contribution in [1.29, 1.82) is 0 Å². The molecule has 3 aliphatic carbocycles. The topological polar surface area (TPSA) is 177 Å². The van der Waals surface area contributed by atoms with Crippen molar-refractivity contribution < 1.29 is 34.8 Å². The zero-order valence-electron chi connectivity index (χ0n) is 21.8. The van der Waals surface area contributed by atoms with Crippen LogP contribution in [0.25, 0.3) is 5.76 Å². The molecule has 3 fully saturated rings. The minimum atomic E-state index is -2.65. The van der Waals surface area contributed by atoms with Gasteiger partial charge < -0.3 is 41.3 Å². The van der Waals surface area contributed by atoms with Crippen LogP contribution in [0.15, 0.2) is 17.7 Å². The van der Waals surface area contributed by atoms with Crippen LogP contribution in [-0.4, -0.2) is 106 Å². The molecule has 0 bridgehead atoms. The number of fused-ring (bicyclic) bond motifs is 3. The fourth-order valence-corrected chi connectivity index (χ4v) is 7.11. The van der Waals surface area contributed by atoms with Crippen LogP contribution in [0.5, 0.6) is 5.75 Å². The maximum absolute atomic E-state index is 13.9. The van der Waals surface area contributed by atoms with Crippen molar-refractivity contribution >= 4 is 28.9 Å². The fraction of sp³-hybridized carbons (Fsp3) is 0.593. The number of amides is 1. The lowest BCUT2D eigenvalue weighted by molar-refractivity contribution is -0.184. The Morgan fingerprint density at radius 3 is 2.45 bits per heavy atom. The summed E-state index contributed by atoms with van der Waals surface area (Å²) in [6.07, 6.45) is 0.735. The number of piperidine rings is 1.